The number of hydrogen-bond donors (Lipinski definition) is 2. The minimum Gasteiger partial charge on any atom is -0.326 e. The van der Waals surface area contributed by atoms with Gasteiger partial charge in [-0.05, 0) is 48.7 Å². The number of fused-ring (bicyclic) bond motifs is 1. The Morgan fingerprint density at radius 1 is 1.21 bits per heavy atom. The van der Waals surface area contributed by atoms with Crippen molar-refractivity contribution in [2.75, 3.05) is 10.6 Å². The maximum absolute atomic E-state index is 12.6. The lowest BCUT2D eigenvalue weighted by Crippen LogP contribution is -2.23. The second kappa shape index (κ2) is 7.13. The highest BCUT2D eigenvalue weighted by molar-refractivity contribution is 6.30. The van der Waals surface area contributed by atoms with Gasteiger partial charge in [0.2, 0.25) is 5.91 Å². The molecule has 4 rings (SSSR count). The summed E-state index contributed by atoms with van der Waals surface area (Å²) in [4.78, 5) is 25.0. The van der Waals surface area contributed by atoms with Gasteiger partial charge in [0.05, 0.1) is 12.6 Å². The predicted octanol–water partition coefficient (Wildman–Crippen LogP) is 4.34. The van der Waals surface area contributed by atoms with Crippen molar-refractivity contribution in [1.82, 2.24) is 9.78 Å². The lowest BCUT2D eigenvalue weighted by molar-refractivity contribution is -0.123. The second-order valence-electron chi connectivity index (χ2n) is 6.93. The van der Waals surface area contributed by atoms with Crippen molar-refractivity contribution in [3.63, 3.8) is 0 Å². The van der Waals surface area contributed by atoms with E-state index in [1.807, 2.05) is 44.2 Å². The Morgan fingerprint density at radius 3 is 2.71 bits per heavy atom. The third-order valence-corrected chi connectivity index (χ3v) is 5.09. The fourth-order valence-electron chi connectivity index (χ4n) is 3.30. The minimum atomic E-state index is -0.679. The first kappa shape index (κ1) is 18.3. The van der Waals surface area contributed by atoms with Gasteiger partial charge < -0.3 is 10.6 Å². The zero-order valence-electron chi connectivity index (χ0n) is 15.5. The van der Waals surface area contributed by atoms with Crippen molar-refractivity contribution >= 4 is 34.9 Å². The summed E-state index contributed by atoms with van der Waals surface area (Å²) >= 11 is 5.95. The first-order valence-corrected chi connectivity index (χ1v) is 9.31. The predicted molar refractivity (Wildman–Crippen MR) is 110 cm³/mol. The number of nitrogens with zero attached hydrogens (tertiary/aromatic N) is 2. The molecule has 2 aromatic carbocycles. The number of carbonyl (C=O) groups excluding carboxylic acids is 2. The quantitative estimate of drug-likeness (QED) is 0.691. The summed E-state index contributed by atoms with van der Waals surface area (Å²) in [5.74, 6) is 0.122. The number of hydrogen-bond acceptors (Lipinski definition) is 3. The standard InChI is InChI=1S/C21H19ClN4O2/c1-12-3-4-13(2)17(9-12)24-19(27)10-18-21(28)25-20-16(11-23-26(18)20)14-5-7-15(22)8-6-14/h3-9,11,18H,10H2,1-2H3,(H,24,27)(H,25,28). The monoisotopic (exact) mass is 394 g/mol. The van der Waals surface area contributed by atoms with Gasteiger partial charge in [-0.25, -0.2) is 4.68 Å². The zero-order chi connectivity index (χ0) is 19.8. The molecule has 28 heavy (non-hydrogen) atoms. The van der Waals surface area contributed by atoms with E-state index in [2.05, 4.69) is 15.7 Å². The minimum absolute atomic E-state index is 0.00789. The van der Waals surface area contributed by atoms with E-state index in [-0.39, 0.29) is 18.2 Å². The van der Waals surface area contributed by atoms with Gasteiger partial charge in [-0.15, -0.1) is 0 Å². The number of aromatic nitrogens is 2. The summed E-state index contributed by atoms with van der Waals surface area (Å²) in [5.41, 5.74) is 4.47. The molecule has 0 fully saturated rings. The maximum Gasteiger partial charge on any atom is 0.251 e. The van der Waals surface area contributed by atoms with Gasteiger partial charge in [0.25, 0.3) is 5.91 Å². The lowest BCUT2D eigenvalue weighted by Gasteiger charge is -2.12. The molecule has 142 valence electrons. The first-order valence-electron chi connectivity index (χ1n) is 8.94. The fourth-order valence-corrected chi connectivity index (χ4v) is 3.43. The van der Waals surface area contributed by atoms with Crippen LogP contribution in [0.15, 0.2) is 48.7 Å². The van der Waals surface area contributed by atoms with Gasteiger partial charge in [0.15, 0.2) is 0 Å². The Labute approximate surface area is 167 Å². The Bertz CT molecular complexity index is 1070. The molecule has 0 saturated heterocycles. The van der Waals surface area contributed by atoms with Crippen LogP contribution in [0.1, 0.15) is 23.6 Å². The van der Waals surface area contributed by atoms with E-state index in [0.29, 0.717) is 10.8 Å². The SMILES string of the molecule is Cc1ccc(C)c(NC(=O)CC2C(=O)Nc3c(-c4ccc(Cl)cc4)cnn32)c1. The Balaban J connectivity index is 1.54. The molecule has 1 atom stereocenters. The number of aryl methyl sites for hydroxylation is 2. The van der Waals surface area contributed by atoms with Gasteiger partial charge in [0, 0.05) is 16.3 Å². The Kier molecular flexibility index (Phi) is 4.65. The molecule has 6 nitrogen and oxygen atoms in total. The average Bonchev–Trinajstić information content (AvgIpc) is 3.19. The molecule has 0 bridgehead atoms. The summed E-state index contributed by atoms with van der Waals surface area (Å²) in [5, 5.41) is 10.7. The number of carbonyl (C=O) groups is 2. The van der Waals surface area contributed by atoms with Gasteiger partial charge in [-0.1, -0.05) is 35.9 Å². The first-order chi connectivity index (χ1) is 13.4. The molecule has 0 spiro atoms. The molecule has 2 N–H and O–H groups in total. The molecule has 2 amide bonds. The molecule has 0 radical (unpaired) electrons. The van der Waals surface area contributed by atoms with Crippen molar-refractivity contribution in [2.24, 2.45) is 0 Å². The number of benzene rings is 2. The number of nitrogens with one attached hydrogen (secondary N) is 2. The van der Waals surface area contributed by atoms with E-state index in [1.54, 1.807) is 23.0 Å². The molecule has 0 aliphatic carbocycles. The normalized spacial score (nSPS) is 15.2. The summed E-state index contributed by atoms with van der Waals surface area (Å²) in [6, 6.07) is 12.5. The van der Waals surface area contributed by atoms with Crippen LogP contribution in [0.2, 0.25) is 5.02 Å². The molecule has 2 heterocycles. The number of halogens is 1. The van der Waals surface area contributed by atoms with Crippen LogP contribution in [0.4, 0.5) is 11.5 Å². The van der Waals surface area contributed by atoms with Gasteiger partial charge >= 0.3 is 0 Å². The lowest BCUT2D eigenvalue weighted by atomic mass is 10.1. The Hall–Kier alpha value is -3.12. The van der Waals surface area contributed by atoms with Crippen LogP contribution >= 0.6 is 11.6 Å². The van der Waals surface area contributed by atoms with Crippen LogP contribution in [0, 0.1) is 13.8 Å². The molecule has 7 heteroatoms. The second-order valence-corrected chi connectivity index (χ2v) is 7.37. The molecular weight excluding hydrogens is 376 g/mol. The summed E-state index contributed by atoms with van der Waals surface area (Å²) < 4.78 is 1.58. The maximum atomic E-state index is 12.6. The van der Waals surface area contributed by atoms with E-state index in [9.17, 15) is 9.59 Å². The van der Waals surface area contributed by atoms with Crippen LogP contribution in [0.25, 0.3) is 11.1 Å². The van der Waals surface area contributed by atoms with E-state index in [4.69, 9.17) is 11.6 Å². The van der Waals surface area contributed by atoms with E-state index < -0.39 is 6.04 Å². The van der Waals surface area contributed by atoms with Crippen LogP contribution in [0.5, 0.6) is 0 Å². The highest BCUT2D eigenvalue weighted by atomic mass is 35.5. The van der Waals surface area contributed by atoms with Crippen LogP contribution < -0.4 is 10.6 Å². The van der Waals surface area contributed by atoms with E-state index in [1.165, 1.54) is 0 Å². The van der Waals surface area contributed by atoms with Crippen molar-refractivity contribution in [3.8, 4) is 11.1 Å². The third kappa shape index (κ3) is 3.39. The summed E-state index contributed by atoms with van der Waals surface area (Å²) in [6.45, 7) is 3.90. The van der Waals surface area contributed by atoms with E-state index >= 15 is 0 Å². The molecule has 1 aliphatic heterocycles. The van der Waals surface area contributed by atoms with Crippen LogP contribution in [-0.2, 0) is 9.59 Å². The third-order valence-electron chi connectivity index (χ3n) is 4.84. The number of rotatable bonds is 4. The van der Waals surface area contributed by atoms with Crippen molar-refractivity contribution < 1.29 is 9.59 Å². The van der Waals surface area contributed by atoms with Gasteiger partial charge in [0.1, 0.15) is 11.9 Å². The molecule has 1 aromatic heterocycles. The zero-order valence-corrected chi connectivity index (χ0v) is 16.2. The highest BCUT2D eigenvalue weighted by Crippen LogP contribution is 2.36. The number of anilines is 2. The summed E-state index contributed by atoms with van der Waals surface area (Å²) in [6.07, 6.45) is 1.70. The largest absolute Gasteiger partial charge is 0.326 e. The Morgan fingerprint density at radius 2 is 1.96 bits per heavy atom. The van der Waals surface area contributed by atoms with Gasteiger partial charge in [-0.3, -0.25) is 9.59 Å². The smallest absolute Gasteiger partial charge is 0.251 e. The highest BCUT2D eigenvalue weighted by Gasteiger charge is 2.35. The molecular formula is C21H19ClN4O2. The topological polar surface area (TPSA) is 76.0 Å². The fraction of sp³-hybridized carbons (Fsp3) is 0.190. The molecule has 0 saturated carbocycles. The van der Waals surface area contributed by atoms with Crippen LogP contribution in [-0.4, -0.2) is 21.6 Å². The molecule has 1 unspecified atom stereocenters. The van der Waals surface area contributed by atoms with E-state index in [0.717, 1.165) is 27.9 Å². The van der Waals surface area contributed by atoms with Crippen molar-refractivity contribution in [1.29, 1.82) is 0 Å². The van der Waals surface area contributed by atoms with Gasteiger partial charge in [-0.2, -0.15) is 5.10 Å². The molecule has 1 aliphatic rings. The summed E-state index contributed by atoms with van der Waals surface area (Å²) in [7, 11) is 0. The molecule has 3 aromatic rings. The van der Waals surface area contributed by atoms with Crippen molar-refractivity contribution in [2.45, 2.75) is 26.3 Å². The van der Waals surface area contributed by atoms with Crippen molar-refractivity contribution in [3.05, 3.63) is 64.8 Å². The average molecular weight is 395 g/mol. The van der Waals surface area contributed by atoms with Crippen LogP contribution in [0.3, 0.4) is 0 Å². The number of amides is 2.